The van der Waals surface area contributed by atoms with Gasteiger partial charge in [0.2, 0.25) is 0 Å². The topological polar surface area (TPSA) is 24.5 Å². The summed E-state index contributed by atoms with van der Waals surface area (Å²) in [6, 6.07) is 1.43. The van der Waals surface area contributed by atoms with Crippen LogP contribution in [0.3, 0.4) is 0 Å². The van der Waals surface area contributed by atoms with Crippen molar-refractivity contribution in [1.82, 2.24) is 10.2 Å². The highest BCUT2D eigenvalue weighted by Crippen LogP contribution is 2.37. The number of hydrogen-bond acceptors (Lipinski definition) is 3. The Kier molecular flexibility index (Phi) is 4.92. The average molecular weight is 294 g/mol. The van der Waals surface area contributed by atoms with Crippen molar-refractivity contribution in [2.75, 3.05) is 26.2 Å². The highest BCUT2D eigenvalue weighted by atomic mass is 16.5. The Morgan fingerprint density at radius 2 is 2.00 bits per heavy atom. The van der Waals surface area contributed by atoms with E-state index in [1.807, 2.05) is 0 Å². The second-order valence-electron chi connectivity index (χ2n) is 8.50. The van der Waals surface area contributed by atoms with Crippen LogP contribution in [0.4, 0.5) is 0 Å². The van der Waals surface area contributed by atoms with Gasteiger partial charge in [-0.25, -0.2) is 0 Å². The van der Waals surface area contributed by atoms with Gasteiger partial charge in [0, 0.05) is 31.8 Å². The van der Waals surface area contributed by atoms with Crippen molar-refractivity contribution < 1.29 is 4.74 Å². The fourth-order valence-corrected chi connectivity index (χ4v) is 4.00. The lowest BCUT2D eigenvalue weighted by atomic mass is 9.84. The van der Waals surface area contributed by atoms with E-state index >= 15 is 0 Å². The molecule has 3 heteroatoms. The zero-order valence-electron chi connectivity index (χ0n) is 14.2. The Morgan fingerprint density at radius 3 is 2.62 bits per heavy atom. The second kappa shape index (κ2) is 6.55. The van der Waals surface area contributed by atoms with Crippen molar-refractivity contribution in [2.24, 2.45) is 11.3 Å². The van der Waals surface area contributed by atoms with Crippen LogP contribution < -0.4 is 5.32 Å². The monoisotopic (exact) mass is 294 g/mol. The van der Waals surface area contributed by atoms with Crippen molar-refractivity contribution >= 4 is 0 Å². The molecule has 2 heterocycles. The van der Waals surface area contributed by atoms with E-state index in [0.29, 0.717) is 17.6 Å². The predicted octanol–water partition coefficient (Wildman–Crippen LogP) is 3.04. The van der Waals surface area contributed by atoms with E-state index in [2.05, 4.69) is 31.0 Å². The highest BCUT2D eigenvalue weighted by Gasteiger charge is 2.40. The average Bonchev–Trinajstić information content (AvgIpc) is 3.15. The van der Waals surface area contributed by atoms with E-state index in [-0.39, 0.29) is 0 Å². The van der Waals surface area contributed by atoms with Crippen LogP contribution in [0.5, 0.6) is 0 Å². The molecule has 0 aromatic rings. The van der Waals surface area contributed by atoms with Crippen LogP contribution in [0.25, 0.3) is 0 Å². The number of piperazine rings is 1. The number of ether oxygens (including phenoxy) is 1. The first-order valence-corrected chi connectivity index (χ1v) is 9.13. The van der Waals surface area contributed by atoms with Crippen molar-refractivity contribution in [2.45, 2.75) is 77.5 Å². The fraction of sp³-hybridized carbons (Fsp3) is 1.00. The lowest BCUT2D eigenvalue weighted by Gasteiger charge is -2.45. The smallest absolute Gasteiger partial charge is 0.0576 e. The number of nitrogens with zero attached hydrogens (tertiary/aromatic N) is 1. The third kappa shape index (κ3) is 4.20. The van der Waals surface area contributed by atoms with E-state index in [0.717, 1.165) is 18.6 Å². The molecule has 3 rings (SSSR count). The molecular formula is C18H34N2O. The van der Waals surface area contributed by atoms with Crippen molar-refractivity contribution in [3.8, 4) is 0 Å². The molecule has 0 radical (unpaired) electrons. The molecule has 3 aliphatic rings. The molecule has 3 nitrogen and oxygen atoms in total. The van der Waals surface area contributed by atoms with Crippen LogP contribution in [0, 0.1) is 11.3 Å². The second-order valence-corrected chi connectivity index (χ2v) is 8.50. The Balaban J connectivity index is 1.50. The number of hydrogen-bond donors (Lipinski definition) is 1. The molecular weight excluding hydrogens is 260 g/mol. The van der Waals surface area contributed by atoms with Gasteiger partial charge in [-0.05, 0) is 56.4 Å². The maximum atomic E-state index is 5.77. The highest BCUT2D eigenvalue weighted by molar-refractivity contribution is 4.97. The molecule has 2 aliphatic heterocycles. The first-order valence-electron chi connectivity index (χ1n) is 9.13. The SMILES string of the molecule is CC(C)(C)C1CN(CCCC2CCCO2)C(C2CC2)CN1. The summed E-state index contributed by atoms with van der Waals surface area (Å²) in [6.07, 6.45) is 8.61. The van der Waals surface area contributed by atoms with Crippen molar-refractivity contribution in [3.63, 3.8) is 0 Å². The molecule has 1 saturated carbocycles. The van der Waals surface area contributed by atoms with Gasteiger partial charge in [-0.3, -0.25) is 4.90 Å². The fourth-order valence-electron chi connectivity index (χ4n) is 4.00. The summed E-state index contributed by atoms with van der Waals surface area (Å²) < 4.78 is 5.77. The van der Waals surface area contributed by atoms with Crippen LogP contribution in [0.2, 0.25) is 0 Å². The van der Waals surface area contributed by atoms with E-state index < -0.39 is 0 Å². The quantitative estimate of drug-likeness (QED) is 0.843. The van der Waals surface area contributed by atoms with Crippen LogP contribution in [0.15, 0.2) is 0 Å². The summed E-state index contributed by atoms with van der Waals surface area (Å²) in [4.78, 5) is 2.80. The molecule has 3 atom stereocenters. The van der Waals surface area contributed by atoms with Crippen LogP contribution in [0.1, 0.15) is 59.3 Å². The molecule has 3 unspecified atom stereocenters. The molecule has 122 valence electrons. The molecule has 1 aliphatic carbocycles. The van der Waals surface area contributed by atoms with Crippen LogP contribution in [-0.2, 0) is 4.74 Å². The predicted molar refractivity (Wildman–Crippen MR) is 87.5 cm³/mol. The molecule has 21 heavy (non-hydrogen) atoms. The van der Waals surface area contributed by atoms with Gasteiger partial charge in [0.25, 0.3) is 0 Å². The lowest BCUT2D eigenvalue weighted by Crippen LogP contribution is -2.61. The van der Waals surface area contributed by atoms with Gasteiger partial charge in [0.05, 0.1) is 6.10 Å². The molecule has 0 aromatic heterocycles. The molecule has 0 aromatic carbocycles. The minimum Gasteiger partial charge on any atom is -0.378 e. The molecule has 0 bridgehead atoms. The van der Waals surface area contributed by atoms with Crippen LogP contribution in [-0.4, -0.2) is 49.3 Å². The van der Waals surface area contributed by atoms with Crippen LogP contribution >= 0.6 is 0 Å². The van der Waals surface area contributed by atoms with Gasteiger partial charge in [-0.2, -0.15) is 0 Å². The summed E-state index contributed by atoms with van der Waals surface area (Å²) in [6.45, 7) is 11.8. The van der Waals surface area contributed by atoms with Gasteiger partial charge in [0.1, 0.15) is 0 Å². The summed E-state index contributed by atoms with van der Waals surface area (Å²) in [5.74, 6) is 0.973. The van der Waals surface area contributed by atoms with Gasteiger partial charge >= 0.3 is 0 Å². The maximum Gasteiger partial charge on any atom is 0.0576 e. The summed E-state index contributed by atoms with van der Waals surface area (Å²) >= 11 is 0. The molecule has 0 spiro atoms. The zero-order chi connectivity index (χ0) is 14.9. The molecule has 3 fully saturated rings. The largest absolute Gasteiger partial charge is 0.378 e. The van der Waals surface area contributed by atoms with Gasteiger partial charge in [0.15, 0.2) is 0 Å². The minimum atomic E-state index is 0.362. The van der Waals surface area contributed by atoms with Gasteiger partial charge < -0.3 is 10.1 Å². The van der Waals surface area contributed by atoms with E-state index in [1.165, 1.54) is 58.2 Å². The Morgan fingerprint density at radius 1 is 1.19 bits per heavy atom. The summed E-state index contributed by atoms with van der Waals surface area (Å²) in [5.41, 5.74) is 0.362. The lowest BCUT2D eigenvalue weighted by molar-refractivity contribution is 0.0630. The standard InChI is InChI=1S/C18H34N2O/c1-18(2,3)17-13-20(16(12-19-17)14-8-9-14)10-4-6-15-7-5-11-21-15/h14-17,19H,4-13H2,1-3H3. The Bertz CT molecular complexity index is 329. The maximum absolute atomic E-state index is 5.77. The van der Waals surface area contributed by atoms with Crippen molar-refractivity contribution in [1.29, 1.82) is 0 Å². The summed E-state index contributed by atoms with van der Waals surface area (Å²) in [5, 5.41) is 3.83. The first-order chi connectivity index (χ1) is 10.0. The molecule has 2 saturated heterocycles. The normalized spacial score (nSPS) is 35.3. The van der Waals surface area contributed by atoms with E-state index in [4.69, 9.17) is 4.74 Å². The number of rotatable bonds is 5. The zero-order valence-corrected chi connectivity index (χ0v) is 14.2. The molecule has 0 amide bonds. The van der Waals surface area contributed by atoms with Crippen molar-refractivity contribution in [3.05, 3.63) is 0 Å². The van der Waals surface area contributed by atoms with E-state index in [1.54, 1.807) is 0 Å². The van der Waals surface area contributed by atoms with Gasteiger partial charge in [-0.1, -0.05) is 20.8 Å². The first kappa shape index (κ1) is 15.8. The Hall–Kier alpha value is -0.120. The summed E-state index contributed by atoms with van der Waals surface area (Å²) in [7, 11) is 0. The third-order valence-electron chi connectivity index (χ3n) is 5.67. The minimum absolute atomic E-state index is 0.362. The van der Waals surface area contributed by atoms with E-state index in [9.17, 15) is 0 Å². The Labute approximate surface area is 130 Å². The molecule has 1 N–H and O–H groups in total. The number of nitrogens with one attached hydrogen (secondary N) is 1. The third-order valence-corrected chi connectivity index (χ3v) is 5.67. The van der Waals surface area contributed by atoms with Gasteiger partial charge in [-0.15, -0.1) is 0 Å².